The van der Waals surface area contributed by atoms with Crippen LogP contribution < -0.4 is 5.32 Å². The SMILES string of the molecule is CNC(C)(C#N)CCN1CC(C)(C)OC(C)(C)C1. The molecule has 0 aromatic heterocycles. The Labute approximate surface area is 111 Å². The molecule has 1 N–H and O–H groups in total. The van der Waals surface area contributed by atoms with Crippen LogP contribution in [-0.2, 0) is 4.74 Å². The molecule has 1 aliphatic heterocycles. The van der Waals surface area contributed by atoms with Gasteiger partial charge in [0.2, 0.25) is 0 Å². The van der Waals surface area contributed by atoms with Crippen molar-refractivity contribution in [2.45, 2.75) is 57.8 Å². The summed E-state index contributed by atoms with van der Waals surface area (Å²) in [4.78, 5) is 2.40. The summed E-state index contributed by atoms with van der Waals surface area (Å²) in [5, 5.41) is 12.3. The number of nitriles is 1. The molecule has 104 valence electrons. The standard InChI is InChI=1S/C14H27N3O/c1-12(2)10-17(11-13(3,4)18-12)8-7-14(5,9-15)16-6/h16H,7-8,10-11H2,1-6H3. The van der Waals surface area contributed by atoms with E-state index < -0.39 is 5.54 Å². The minimum atomic E-state index is -0.438. The number of nitrogens with one attached hydrogen (secondary N) is 1. The maximum Gasteiger partial charge on any atom is 0.104 e. The molecule has 0 aromatic rings. The molecule has 1 rings (SSSR count). The highest BCUT2D eigenvalue weighted by atomic mass is 16.5. The molecule has 1 saturated heterocycles. The number of rotatable bonds is 4. The van der Waals surface area contributed by atoms with Crippen molar-refractivity contribution in [2.24, 2.45) is 0 Å². The van der Waals surface area contributed by atoms with Gasteiger partial charge in [-0.3, -0.25) is 4.90 Å². The Kier molecular flexibility index (Phi) is 4.42. The first-order chi connectivity index (χ1) is 8.11. The average Bonchev–Trinajstić information content (AvgIpc) is 2.22. The van der Waals surface area contributed by atoms with Gasteiger partial charge in [-0.1, -0.05) is 0 Å². The highest BCUT2D eigenvalue weighted by molar-refractivity contribution is 5.03. The minimum absolute atomic E-state index is 0.121. The number of ether oxygens (including phenoxy) is 1. The van der Waals surface area contributed by atoms with E-state index in [1.807, 2.05) is 14.0 Å². The van der Waals surface area contributed by atoms with Gasteiger partial charge in [0.05, 0.1) is 17.3 Å². The molecule has 0 bridgehead atoms. The van der Waals surface area contributed by atoms with Crippen LogP contribution in [0.5, 0.6) is 0 Å². The monoisotopic (exact) mass is 253 g/mol. The second kappa shape index (κ2) is 5.16. The molecule has 4 heteroatoms. The van der Waals surface area contributed by atoms with Crippen molar-refractivity contribution < 1.29 is 4.74 Å². The van der Waals surface area contributed by atoms with E-state index in [4.69, 9.17) is 10.00 Å². The third-order valence-corrected chi connectivity index (χ3v) is 3.49. The van der Waals surface area contributed by atoms with Gasteiger partial charge in [0.15, 0.2) is 0 Å². The van der Waals surface area contributed by atoms with Crippen molar-refractivity contribution in [3.05, 3.63) is 0 Å². The summed E-state index contributed by atoms with van der Waals surface area (Å²) in [6, 6.07) is 2.34. The lowest BCUT2D eigenvalue weighted by Gasteiger charge is -2.47. The van der Waals surface area contributed by atoms with Crippen molar-refractivity contribution in [3.63, 3.8) is 0 Å². The quantitative estimate of drug-likeness (QED) is 0.829. The average molecular weight is 253 g/mol. The smallest absolute Gasteiger partial charge is 0.104 e. The van der Waals surface area contributed by atoms with Gasteiger partial charge in [-0.25, -0.2) is 0 Å². The first kappa shape index (κ1) is 15.4. The van der Waals surface area contributed by atoms with Gasteiger partial charge in [-0.15, -0.1) is 0 Å². The van der Waals surface area contributed by atoms with Gasteiger partial charge >= 0.3 is 0 Å². The summed E-state index contributed by atoms with van der Waals surface area (Å²) in [7, 11) is 1.84. The molecule has 4 nitrogen and oxygen atoms in total. The molecule has 0 amide bonds. The highest BCUT2D eigenvalue weighted by Gasteiger charge is 2.38. The molecular formula is C14H27N3O. The Morgan fingerprint density at radius 3 is 2.17 bits per heavy atom. The molecule has 0 aromatic carbocycles. The highest BCUT2D eigenvalue weighted by Crippen LogP contribution is 2.28. The maximum atomic E-state index is 9.16. The molecular weight excluding hydrogens is 226 g/mol. The largest absolute Gasteiger partial charge is 0.367 e. The van der Waals surface area contributed by atoms with E-state index in [1.54, 1.807) is 0 Å². The third kappa shape index (κ3) is 4.24. The van der Waals surface area contributed by atoms with Crippen molar-refractivity contribution in [3.8, 4) is 6.07 Å². The molecule has 0 spiro atoms. The van der Waals surface area contributed by atoms with Crippen LogP contribution in [0.1, 0.15) is 41.0 Å². The molecule has 1 atom stereocenters. The first-order valence-electron chi connectivity index (χ1n) is 6.64. The topological polar surface area (TPSA) is 48.3 Å². The van der Waals surface area contributed by atoms with Crippen LogP contribution >= 0.6 is 0 Å². The van der Waals surface area contributed by atoms with Crippen molar-refractivity contribution in [1.29, 1.82) is 5.26 Å². The van der Waals surface area contributed by atoms with Crippen LogP contribution in [0.2, 0.25) is 0 Å². The molecule has 0 saturated carbocycles. The molecule has 18 heavy (non-hydrogen) atoms. The van der Waals surface area contributed by atoms with Gasteiger partial charge < -0.3 is 10.1 Å². The van der Waals surface area contributed by atoms with Crippen LogP contribution in [0.25, 0.3) is 0 Å². The van der Waals surface area contributed by atoms with Gasteiger partial charge in [0.1, 0.15) is 5.54 Å². The lowest BCUT2D eigenvalue weighted by molar-refractivity contribution is -0.180. The summed E-state index contributed by atoms with van der Waals surface area (Å²) in [6.45, 7) is 13.2. The van der Waals surface area contributed by atoms with E-state index in [0.29, 0.717) is 0 Å². The van der Waals surface area contributed by atoms with Crippen LogP contribution in [0.15, 0.2) is 0 Å². The van der Waals surface area contributed by atoms with Crippen LogP contribution in [0, 0.1) is 11.3 Å². The Bertz CT molecular complexity index is 316. The van der Waals surface area contributed by atoms with Crippen LogP contribution in [0.3, 0.4) is 0 Å². The summed E-state index contributed by atoms with van der Waals surface area (Å²) < 4.78 is 6.05. The molecule has 1 heterocycles. The maximum absolute atomic E-state index is 9.16. The molecule has 1 fully saturated rings. The number of hydrogen-bond acceptors (Lipinski definition) is 4. The summed E-state index contributed by atoms with van der Waals surface area (Å²) >= 11 is 0. The number of nitrogens with zero attached hydrogens (tertiary/aromatic N) is 2. The Balaban J connectivity index is 2.60. The minimum Gasteiger partial charge on any atom is -0.367 e. The molecule has 1 unspecified atom stereocenters. The fraction of sp³-hybridized carbons (Fsp3) is 0.929. The van der Waals surface area contributed by atoms with E-state index in [2.05, 4.69) is 44.0 Å². The van der Waals surface area contributed by atoms with Crippen LogP contribution in [0.4, 0.5) is 0 Å². The second-order valence-corrected chi connectivity index (χ2v) is 6.78. The second-order valence-electron chi connectivity index (χ2n) is 6.78. The number of morpholine rings is 1. The summed E-state index contributed by atoms with van der Waals surface area (Å²) in [5.41, 5.74) is -0.679. The summed E-state index contributed by atoms with van der Waals surface area (Å²) in [5.74, 6) is 0. The van der Waals surface area contributed by atoms with Crippen molar-refractivity contribution >= 4 is 0 Å². The predicted octanol–water partition coefficient (Wildman–Crippen LogP) is 1.77. The zero-order chi connectivity index (χ0) is 14.0. The van der Waals surface area contributed by atoms with E-state index in [-0.39, 0.29) is 11.2 Å². The van der Waals surface area contributed by atoms with Crippen molar-refractivity contribution in [2.75, 3.05) is 26.7 Å². The van der Waals surface area contributed by atoms with E-state index in [9.17, 15) is 0 Å². The number of hydrogen-bond donors (Lipinski definition) is 1. The lowest BCUT2D eigenvalue weighted by Crippen LogP contribution is -2.58. The van der Waals surface area contributed by atoms with Crippen molar-refractivity contribution in [1.82, 2.24) is 10.2 Å². The van der Waals surface area contributed by atoms with Gasteiger partial charge in [0.25, 0.3) is 0 Å². The molecule has 0 radical (unpaired) electrons. The third-order valence-electron chi connectivity index (χ3n) is 3.49. The normalized spacial score (nSPS) is 26.3. The zero-order valence-corrected chi connectivity index (χ0v) is 12.6. The fourth-order valence-electron chi connectivity index (χ4n) is 2.72. The Morgan fingerprint density at radius 2 is 1.78 bits per heavy atom. The Hall–Kier alpha value is -0.630. The van der Waals surface area contributed by atoms with Gasteiger partial charge in [-0.05, 0) is 48.1 Å². The first-order valence-corrected chi connectivity index (χ1v) is 6.64. The van der Waals surface area contributed by atoms with E-state index in [1.165, 1.54) is 0 Å². The predicted molar refractivity (Wildman–Crippen MR) is 73.4 cm³/mol. The summed E-state index contributed by atoms with van der Waals surface area (Å²) in [6.07, 6.45) is 0.826. The fourth-order valence-corrected chi connectivity index (χ4v) is 2.72. The zero-order valence-electron chi connectivity index (χ0n) is 12.6. The van der Waals surface area contributed by atoms with Gasteiger partial charge in [0, 0.05) is 19.6 Å². The van der Waals surface area contributed by atoms with E-state index >= 15 is 0 Å². The lowest BCUT2D eigenvalue weighted by atomic mass is 9.96. The Morgan fingerprint density at radius 1 is 1.28 bits per heavy atom. The molecule has 0 aliphatic carbocycles. The molecule has 1 aliphatic rings. The van der Waals surface area contributed by atoms with Crippen LogP contribution in [-0.4, -0.2) is 48.3 Å². The van der Waals surface area contributed by atoms with E-state index in [0.717, 1.165) is 26.1 Å². The van der Waals surface area contributed by atoms with Gasteiger partial charge in [-0.2, -0.15) is 5.26 Å².